The lowest BCUT2D eigenvalue weighted by atomic mass is 10.1. The number of benzene rings is 1. The molecule has 1 amide bonds. The van der Waals surface area contributed by atoms with Gasteiger partial charge in [0.1, 0.15) is 6.10 Å². The monoisotopic (exact) mass is 419 g/mol. The molecule has 1 aliphatic rings. The maximum atomic E-state index is 12.9. The SMILES string of the molecule is NC(=O)c1cc(C(F)(F)F)ccc1N1CC[C@H](Oc2ccc(C(F)(F)F)cn2)C1. The Kier molecular flexibility index (Phi) is 5.33. The number of primary amides is 1. The van der Waals surface area contributed by atoms with E-state index in [1.165, 1.54) is 6.07 Å². The Morgan fingerprint density at radius 3 is 2.28 bits per heavy atom. The van der Waals surface area contributed by atoms with Crippen molar-refractivity contribution in [3.8, 4) is 5.88 Å². The van der Waals surface area contributed by atoms with E-state index in [-0.39, 0.29) is 23.7 Å². The summed E-state index contributed by atoms with van der Waals surface area (Å²) in [5, 5.41) is 0. The van der Waals surface area contributed by atoms with Gasteiger partial charge in [-0.05, 0) is 24.3 Å². The van der Waals surface area contributed by atoms with Crippen LogP contribution >= 0.6 is 0 Å². The maximum absolute atomic E-state index is 12.9. The number of amides is 1. The molecule has 1 atom stereocenters. The summed E-state index contributed by atoms with van der Waals surface area (Å²) in [7, 11) is 0. The fourth-order valence-corrected chi connectivity index (χ4v) is 3.02. The Morgan fingerprint density at radius 1 is 1.07 bits per heavy atom. The molecule has 5 nitrogen and oxygen atoms in total. The van der Waals surface area contributed by atoms with Gasteiger partial charge in [-0.15, -0.1) is 0 Å². The predicted octanol–water partition coefficient (Wildman–Crippen LogP) is 3.88. The quantitative estimate of drug-likeness (QED) is 0.764. The molecule has 29 heavy (non-hydrogen) atoms. The maximum Gasteiger partial charge on any atom is 0.417 e. The smallest absolute Gasteiger partial charge is 0.417 e. The van der Waals surface area contributed by atoms with Gasteiger partial charge < -0.3 is 15.4 Å². The number of anilines is 1. The van der Waals surface area contributed by atoms with Gasteiger partial charge in [0, 0.05) is 30.9 Å². The molecule has 1 saturated heterocycles. The van der Waals surface area contributed by atoms with Crippen molar-refractivity contribution >= 4 is 11.6 Å². The minimum atomic E-state index is -4.62. The molecular weight excluding hydrogens is 404 g/mol. The van der Waals surface area contributed by atoms with Crippen LogP contribution in [0.2, 0.25) is 0 Å². The third-order valence-electron chi connectivity index (χ3n) is 4.43. The standard InChI is InChI=1S/C18H15F6N3O2/c19-17(20,21)10-1-3-14(13(7-10)16(25)28)27-6-5-12(9-27)29-15-4-2-11(8-26-15)18(22,23)24/h1-4,7-8,12H,5-6,9H2,(H2,25,28)/t12-/m0/s1. The number of rotatable bonds is 4. The van der Waals surface area contributed by atoms with Crippen molar-refractivity contribution in [3.63, 3.8) is 0 Å². The van der Waals surface area contributed by atoms with Crippen LogP contribution < -0.4 is 15.4 Å². The van der Waals surface area contributed by atoms with Crippen molar-refractivity contribution in [1.82, 2.24) is 4.98 Å². The number of aromatic nitrogens is 1. The lowest BCUT2D eigenvalue weighted by Crippen LogP contribution is -2.27. The zero-order valence-corrected chi connectivity index (χ0v) is 14.7. The second-order valence-corrected chi connectivity index (χ2v) is 6.45. The molecule has 2 N–H and O–H groups in total. The van der Waals surface area contributed by atoms with Crippen LogP contribution in [0.5, 0.6) is 5.88 Å². The first kappa shape index (κ1) is 20.7. The van der Waals surface area contributed by atoms with E-state index in [1.54, 1.807) is 4.90 Å². The third kappa shape index (κ3) is 4.72. The van der Waals surface area contributed by atoms with Crippen LogP contribution in [0.15, 0.2) is 36.5 Å². The van der Waals surface area contributed by atoms with Gasteiger partial charge in [0.25, 0.3) is 5.91 Å². The van der Waals surface area contributed by atoms with Gasteiger partial charge in [-0.3, -0.25) is 4.79 Å². The zero-order valence-electron chi connectivity index (χ0n) is 14.7. The summed E-state index contributed by atoms with van der Waals surface area (Å²) in [6, 6.07) is 4.66. The number of nitrogens with two attached hydrogens (primary N) is 1. The summed E-state index contributed by atoms with van der Waals surface area (Å²) in [6.07, 6.45) is -8.51. The minimum absolute atomic E-state index is 0.00704. The molecule has 0 radical (unpaired) electrons. The number of nitrogens with zero attached hydrogens (tertiary/aromatic N) is 2. The number of carbonyl (C=O) groups is 1. The van der Waals surface area contributed by atoms with E-state index in [9.17, 15) is 31.1 Å². The Bertz CT molecular complexity index is 896. The molecule has 1 aromatic carbocycles. The van der Waals surface area contributed by atoms with Crippen molar-refractivity contribution in [3.05, 3.63) is 53.2 Å². The van der Waals surface area contributed by atoms with E-state index >= 15 is 0 Å². The van der Waals surface area contributed by atoms with E-state index in [4.69, 9.17) is 10.5 Å². The lowest BCUT2D eigenvalue weighted by Gasteiger charge is -2.22. The number of pyridine rings is 1. The van der Waals surface area contributed by atoms with Crippen molar-refractivity contribution in [2.45, 2.75) is 24.9 Å². The number of carbonyl (C=O) groups excluding carboxylic acids is 1. The van der Waals surface area contributed by atoms with Gasteiger partial charge in [0.2, 0.25) is 5.88 Å². The zero-order chi connectivity index (χ0) is 21.4. The number of halogens is 6. The molecule has 2 heterocycles. The van der Waals surface area contributed by atoms with Crippen LogP contribution in [0, 0.1) is 0 Å². The van der Waals surface area contributed by atoms with Crippen molar-refractivity contribution in [1.29, 1.82) is 0 Å². The van der Waals surface area contributed by atoms with E-state index in [0.29, 0.717) is 25.2 Å². The number of hydrogen-bond acceptors (Lipinski definition) is 4. The molecule has 0 spiro atoms. The van der Waals surface area contributed by atoms with E-state index < -0.39 is 35.5 Å². The van der Waals surface area contributed by atoms with Crippen LogP contribution in [0.3, 0.4) is 0 Å². The molecular formula is C18H15F6N3O2. The predicted molar refractivity (Wildman–Crippen MR) is 90.4 cm³/mol. The fraction of sp³-hybridized carbons (Fsp3) is 0.333. The van der Waals surface area contributed by atoms with Gasteiger partial charge in [-0.25, -0.2) is 4.98 Å². The fourth-order valence-electron chi connectivity index (χ4n) is 3.02. The topological polar surface area (TPSA) is 68.5 Å². The normalized spacial score (nSPS) is 17.4. The van der Waals surface area contributed by atoms with Crippen LogP contribution in [0.1, 0.15) is 27.9 Å². The molecule has 1 aliphatic heterocycles. The molecule has 156 valence electrons. The Morgan fingerprint density at radius 2 is 1.72 bits per heavy atom. The van der Waals surface area contributed by atoms with E-state index in [1.807, 2.05) is 0 Å². The summed E-state index contributed by atoms with van der Waals surface area (Å²) < 4.78 is 81.9. The Balaban J connectivity index is 1.73. The average Bonchev–Trinajstić information content (AvgIpc) is 3.08. The highest BCUT2D eigenvalue weighted by Crippen LogP contribution is 2.34. The molecule has 0 bridgehead atoms. The summed E-state index contributed by atoms with van der Waals surface area (Å²) in [6.45, 7) is 0.561. The van der Waals surface area contributed by atoms with Crippen molar-refractivity contribution in [2.75, 3.05) is 18.0 Å². The molecule has 0 saturated carbocycles. The van der Waals surface area contributed by atoms with Crippen LogP contribution in [0.4, 0.5) is 32.0 Å². The van der Waals surface area contributed by atoms with Crippen LogP contribution in [0.25, 0.3) is 0 Å². The third-order valence-corrected chi connectivity index (χ3v) is 4.43. The van der Waals surface area contributed by atoms with Gasteiger partial charge in [-0.2, -0.15) is 26.3 Å². The first-order valence-corrected chi connectivity index (χ1v) is 8.41. The largest absolute Gasteiger partial charge is 0.472 e. The first-order valence-electron chi connectivity index (χ1n) is 8.41. The van der Waals surface area contributed by atoms with Gasteiger partial charge in [0.05, 0.1) is 23.2 Å². The number of alkyl halides is 6. The number of ether oxygens (including phenoxy) is 1. The van der Waals surface area contributed by atoms with E-state index in [0.717, 1.165) is 18.2 Å². The second-order valence-electron chi connectivity index (χ2n) is 6.45. The first-order chi connectivity index (χ1) is 13.4. The van der Waals surface area contributed by atoms with Crippen molar-refractivity contribution < 1.29 is 35.9 Å². The summed E-state index contributed by atoms with van der Waals surface area (Å²) in [5.74, 6) is -1.01. The van der Waals surface area contributed by atoms with Gasteiger partial charge in [0.15, 0.2) is 0 Å². The summed E-state index contributed by atoms with van der Waals surface area (Å²) in [4.78, 5) is 16.9. The van der Waals surface area contributed by atoms with Crippen molar-refractivity contribution in [2.24, 2.45) is 5.73 Å². The van der Waals surface area contributed by atoms with Gasteiger partial charge >= 0.3 is 12.4 Å². The highest BCUT2D eigenvalue weighted by atomic mass is 19.4. The van der Waals surface area contributed by atoms with E-state index in [2.05, 4.69) is 4.98 Å². The molecule has 0 aliphatic carbocycles. The lowest BCUT2D eigenvalue weighted by molar-refractivity contribution is -0.138. The summed E-state index contributed by atoms with van der Waals surface area (Å²) >= 11 is 0. The minimum Gasteiger partial charge on any atom is -0.472 e. The average molecular weight is 419 g/mol. The molecule has 2 aromatic rings. The number of hydrogen-bond donors (Lipinski definition) is 1. The van der Waals surface area contributed by atoms with Crippen LogP contribution in [-0.4, -0.2) is 30.1 Å². The Hall–Kier alpha value is -2.98. The second kappa shape index (κ2) is 7.45. The van der Waals surface area contributed by atoms with Gasteiger partial charge in [-0.1, -0.05) is 0 Å². The molecule has 1 fully saturated rings. The Labute approximate surface area is 161 Å². The summed E-state index contributed by atoms with van der Waals surface area (Å²) in [5.41, 5.74) is 3.30. The highest BCUT2D eigenvalue weighted by Gasteiger charge is 2.34. The molecule has 3 rings (SSSR count). The molecule has 0 unspecified atom stereocenters. The molecule has 1 aromatic heterocycles. The van der Waals surface area contributed by atoms with Crippen LogP contribution in [-0.2, 0) is 12.4 Å². The highest BCUT2D eigenvalue weighted by molar-refractivity contribution is 5.99. The molecule has 11 heteroatoms.